The zero-order chi connectivity index (χ0) is 13.3. The van der Waals surface area contributed by atoms with Crippen molar-refractivity contribution in [3.63, 3.8) is 0 Å². The SMILES string of the molecule is COC1(c2ncc3c(n2)CCC(CN)C3)CCCC1. The number of hydrogen-bond acceptors (Lipinski definition) is 4. The molecule has 1 unspecified atom stereocenters. The Kier molecular flexibility index (Phi) is 3.54. The van der Waals surface area contributed by atoms with Gasteiger partial charge in [0.15, 0.2) is 5.82 Å². The van der Waals surface area contributed by atoms with Crippen molar-refractivity contribution in [2.45, 2.75) is 50.5 Å². The summed E-state index contributed by atoms with van der Waals surface area (Å²) >= 11 is 0. The van der Waals surface area contributed by atoms with Crippen LogP contribution in [-0.2, 0) is 23.2 Å². The van der Waals surface area contributed by atoms with Gasteiger partial charge in [0, 0.05) is 19.0 Å². The van der Waals surface area contributed by atoms with E-state index >= 15 is 0 Å². The van der Waals surface area contributed by atoms with Crippen LogP contribution in [0.1, 0.15) is 49.2 Å². The van der Waals surface area contributed by atoms with Gasteiger partial charge in [-0.2, -0.15) is 0 Å². The van der Waals surface area contributed by atoms with Crippen molar-refractivity contribution in [1.82, 2.24) is 9.97 Å². The molecule has 1 fully saturated rings. The molecule has 0 aliphatic heterocycles. The molecule has 1 aromatic rings. The zero-order valence-electron chi connectivity index (χ0n) is 11.7. The summed E-state index contributed by atoms with van der Waals surface area (Å²) in [6.07, 6.45) is 9.76. The van der Waals surface area contributed by atoms with Crippen molar-refractivity contribution in [3.8, 4) is 0 Å². The van der Waals surface area contributed by atoms with E-state index in [-0.39, 0.29) is 5.60 Å². The lowest BCUT2D eigenvalue weighted by Gasteiger charge is -2.28. The van der Waals surface area contributed by atoms with Gasteiger partial charge in [-0.3, -0.25) is 0 Å². The predicted octanol–water partition coefficient (Wildman–Crippen LogP) is 1.96. The van der Waals surface area contributed by atoms with Gasteiger partial charge < -0.3 is 10.5 Å². The first-order chi connectivity index (χ1) is 9.27. The van der Waals surface area contributed by atoms with Crippen LogP contribution in [0.25, 0.3) is 0 Å². The third-order valence-corrected chi connectivity index (χ3v) is 4.79. The minimum atomic E-state index is -0.222. The van der Waals surface area contributed by atoms with Gasteiger partial charge >= 0.3 is 0 Å². The maximum absolute atomic E-state index is 5.77. The molecule has 2 aliphatic rings. The Hall–Kier alpha value is -1.00. The fraction of sp³-hybridized carbons (Fsp3) is 0.733. The van der Waals surface area contributed by atoms with Gasteiger partial charge in [0.1, 0.15) is 5.60 Å². The summed E-state index contributed by atoms with van der Waals surface area (Å²) in [5, 5.41) is 0. The molecule has 4 heteroatoms. The first kappa shape index (κ1) is 13.0. The van der Waals surface area contributed by atoms with Crippen LogP contribution in [0.5, 0.6) is 0 Å². The Morgan fingerprint density at radius 1 is 1.42 bits per heavy atom. The summed E-state index contributed by atoms with van der Waals surface area (Å²) in [6, 6.07) is 0. The number of fused-ring (bicyclic) bond motifs is 1. The number of aromatic nitrogens is 2. The van der Waals surface area contributed by atoms with Crippen LogP contribution in [0.2, 0.25) is 0 Å². The van der Waals surface area contributed by atoms with Crippen molar-refractivity contribution < 1.29 is 4.74 Å². The van der Waals surface area contributed by atoms with E-state index < -0.39 is 0 Å². The van der Waals surface area contributed by atoms with Gasteiger partial charge in [-0.05, 0) is 63.0 Å². The fourth-order valence-corrected chi connectivity index (χ4v) is 3.47. The maximum atomic E-state index is 5.77. The third kappa shape index (κ3) is 2.28. The maximum Gasteiger partial charge on any atom is 0.160 e. The van der Waals surface area contributed by atoms with Crippen LogP contribution in [0.3, 0.4) is 0 Å². The van der Waals surface area contributed by atoms with Crippen molar-refractivity contribution in [3.05, 3.63) is 23.3 Å². The van der Waals surface area contributed by atoms with E-state index in [2.05, 4.69) is 4.98 Å². The first-order valence-corrected chi connectivity index (χ1v) is 7.38. The van der Waals surface area contributed by atoms with Gasteiger partial charge in [-0.15, -0.1) is 0 Å². The van der Waals surface area contributed by atoms with Crippen LogP contribution in [0.15, 0.2) is 6.20 Å². The van der Waals surface area contributed by atoms with Crippen molar-refractivity contribution in [2.24, 2.45) is 11.7 Å². The smallest absolute Gasteiger partial charge is 0.160 e. The predicted molar refractivity (Wildman–Crippen MR) is 73.8 cm³/mol. The van der Waals surface area contributed by atoms with Gasteiger partial charge in [0.2, 0.25) is 0 Å². The highest BCUT2D eigenvalue weighted by Crippen LogP contribution is 2.40. The lowest BCUT2D eigenvalue weighted by atomic mass is 9.87. The summed E-state index contributed by atoms with van der Waals surface area (Å²) in [6.45, 7) is 0.767. The van der Waals surface area contributed by atoms with Crippen molar-refractivity contribution >= 4 is 0 Å². The van der Waals surface area contributed by atoms with Crippen LogP contribution in [0.4, 0.5) is 0 Å². The number of hydrogen-bond donors (Lipinski definition) is 1. The average Bonchev–Trinajstić information content (AvgIpc) is 2.96. The van der Waals surface area contributed by atoms with Crippen LogP contribution in [-0.4, -0.2) is 23.6 Å². The Balaban J connectivity index is 1.89. The molecule has 3 rings (SSSR count). The standard InChI is InChI=1S/C15H23N3O/c1-19-15(6-2-3-7-15)14-17-10-12-8-11(9-16)4-5-13(12)18-14/h10-11H,2-9,16H2,1H3. The number of nitrogens with two attached hydrogens (primary N) is 1. The minimum Gasteiger partial charge on any atom is -0.370 e. The normalized spacial score (nSPS) is 25.3. The van der Waals surface area contributed by atoms with E-state index in [4.69, 9.17) is 15.5 Å². The molecule has 1 saturated carbocycles. The molecule has 1 heterocycles. The first-order valence-electron chi connectivity index (χ1n) is 7.38. The number of methoxy groups -OCH3 is 1. The highest BCUT2D eigenvalue weighted by atomic mass is 16.5. The molecule has 19 heavy (non-hydrogen) atoms. The molecule has 104 valence electrons. The Bertz CT molecular complexity index is 455. The molecule has 1 aromatic heterocycles. The second-order valence-corrected chi connectivity index (χ2v) is 5.92. The zero-order valence-corrected chi connectivity index (χ0v) is 11.7. The average molecular weight is 261 g/mol. The van der Waals surface area contributed by atoms with E-state index in [9.17, 15) is 0 Å². The molecule has 1 atom stereocenters. The summed E-state index contributed by atoms with van der Waals surface area (Å²) in [5.74, 6) is 1.50. The van der Waals surface area contributed by atoms with E-state index in [0.717, 1.165) is 44.5 Å². The van der Waals surface area contributed by atoms with E-state index in [1.54, 1.807) is 7.11 Å². The van der Waals surface area contributed by atoms with Gasteiger partial charge in [0.25, 0.3) is 0 Å². The quantitative estimate of drug-likeness (QED) is 0.903. The number of rotatable bonds is 3. The molecule has 0 spiro atoms. The number of ether oxygens (including phenoxy) is 1. The van der Waals surface area contributed by atoms with E-state index in [1.165, 1.54) is 24.1 Å². The topological polar surface area (TPSA) is 61.0 Å². The van der Waals surface area contributed by atoms with Gasteiger partial charge in [-0.1, -0.05) is 0 Å². The molecular weight excluding hydrogens is 238 g/mol. The molecule has 2 N–H and O–H groups in total. The molecular formula is C15H23N3O. The van der Waals surface area contributed by atoms with E-state index in [1.807, 2.05) is 6.20 Å². The summed E-state index contributed by atoms with van der Waals surface area (Å²) in [5.41, 5.74) is 8.06. The van der Waals surface area contributed by atoms with Gasteiger partial charge in [0.05, 0.1) is 0 Å². The molecule has 0 saturated heterocycles. The molecule has 0 amide bonds. The fourth-order valence-electron chi connectivity index (χ4n) is 3.47. The highest BCUT2D eigenvalue weighted by molar-refractivity contribution is 5.23. The van der Waals surface area contributed by atoms with Gasteiger partial charge in [-0.25, -0.2) is 9.97 Å². The Morgan fingerprint density at radius 3 is 2.89 bits per heavy atom. The summed E-state index contributed by atoms with van der Waals surface area (Å²) in [7, 11) is 1.79. The monoisotopic (exact) mass is 261 g/mol. The minimum absolute atomic E-state index is 0.222. The molecule has 0 radical (unpaired) electrons. The molecule has 4 nitrogen and oxygen atoms in total. The lowest BCUT2D eigenvalue weighted by Crippen LogP contribution is -2.29. The number of nitrogens with zero attached hydrogens (tertiary/aromatic N) is 2. The number of aryl methyl sites for hydroxylation is 1. The van der Waals surface area contributed by atoms with Crippen LogP contribution in [0, 0.1) is 5.92 Å². The summed E-state index contributed by atoms with van der Waals surface area (Å²) < 4.78 is 5.77. The summed E-state index contributed by atoms with van der Waals surface area (Å²) in [4.78, 5) is 9.44. The molecule has 2 aliphatic carbocycles. The second-order valence-electron chi connectivity index (χ2n) is 5.92. The Morgan fingerprint density at radius 2 is 2.21 bits per heavy atom. The third-order valence-electron chi connectivity index (χ3n) is 4.79. The van der Waals surface area contributed by atoms with Crippen molar-refractivity contribution in [2.75, 3.05) is 13.7 Å². The van der Waals surface area contributed by atoms with Crippen LogP contribution < -0.4 is 5.73 Å². The molecule has 0 aromatic carbocycles. The molecule has 0 bridgehead atoms. The van der Waals surface area contributed by atoms with E-state index in [0.29, 0.717) is 5.92 Å². The van der Waals surface area contributed by atoms with Crippen molar-refractivity contribution in [1.29, 1.82) is 0 Å². The highest BCUT2D eigenvalue weighted by Gasteiger charge is 2.39. The second kappa shape index (κ2) is 5.17. The van der Waals surface area contributed by atoms with Crippen LogP contribution >= 0.6 is 0 Å². The largest absolute Gasteiger partial charge is 0.370 e. The lowest BCUT2D eigenvalue weighted by molar-refractivity contribution is -0.0165. The Labute approximate surface area is 114 Å².